The molecule has 0 radical (unpaired) electrons. The summed E-state index contributed by atoms with van der Waals surface area (Å²) >= 11 is 0. The van der Waals surface area contributed by atoms with E-state index in [1.165, 1.54) is 7.11 Å². The Morgan fingerprint density at radius 3 is 2.75 bits per heavy atom. The number of hydrogen-bond donors (Lipinski definition) is 0. The molecular weight excluding hydrogens is 258 g/mol. The lowest BCUT2D eigenvalue weighted by Gasteiger charge is -2.21. The molecule has 2 aliphatic rings. The number of amides is 1. The smallest absolute Gasteiger partial charge is 0.328 e. The Hall–Kier alpha value is -1.88. The molecule has 3 rings (SSSR count). The first kappa shape index (κ1) is 13.1. The Labute approximate surface area is 117 Å². The number of methoxy groups -OCH3 is 1. The number of esters is 1. The van der Waals surface area contributed by atoms with Gasteiger partial charge in [-0.25, -0.2) is 4.79 Å². The van der Waals surface area contributed by atoms with E-state index in [4.69, 9.17) is 9.47 Å². The maximum Gasteiger partial charge on any atom is 0.328 e. The van der Waals surface area contributed by atoms with Crippen molar-refractivity contribution in [3.63, 3.8) is 0 Å². The lowest BCUT2D eigenvalue weighted by atomic mass is 10.1. The van der Waals surface area contributed by atoms with E-state index in [0.717, 1.165) is 12.0 Å². The van der Waals surface area contributed by atoms with Crippen LogP contribution in [0.25, 0.3) is 0 Å². The number of carbonyl (C=O) groups excluding carboxylic acids is 2. The summed E-state index contributed by atoms with van der Waals surface area (Å²) in [5, 5.41) is 0. The summed E-state index contributed by atoms with van der Waals surface area (Å²) in [7, 11) is 1.35. The molecule has 0 N–H and O–H groups in total. The summed E-state index contributed by atoms with van der Waals surface area (Å²) in [5.41, 5.74) is 1.000. The Morgan fingerprint density at radius 1 is 1.30 bits per heavy atom. The lowest BCUT2D eigenvalue weighted by molar-refractivity contribution is -0.151. The molecule has 0 aliphatic carbocycles. The first-order valence-electron chi connectivity index (χ1n) is 6.81. The monoisotopic (exact) mass is 275 g/mol. The fourth-order valence-electron chi connectivity index (χ4n) is 2.77. The Bertz CT molecular complexity index is 516. The normalized spacial score (nSPS) is 28.2. The highest BCUT2D eigenvalue weighted by Crippen LogP contribution is 2.40. The third-order valence-corrected chi connectivity index (χ3v) is 3.87. The second kappa shape index (κ2) is 5.25. The molecule has 1 amide bonds. The number of rotatable bonds is 3. The standard InChI is InChI=1S/C15H17NO4/c1-19-15(18)11-8-5-9-16(11)14(17)13-12(20-13)10-6-3-2-4-7-10/h2-4,6-7,11-13H,5,8-9H2,1H3/t11-,12-,13+/m0/s1. The molecule has 5 heteroatoms. The highest BCUT2D eigenvalue weighted by atomic mass is 16.6. The van der Waals surface area contributed by atoms with E-state index >= 15 is 0 Å². The van der Waals surface area contributed by atoms with Crippen LogP contribution >= 0.6 is 0 Å². The highest BCUT2D eigenvalue weighted by Gasteiger charge is 2.50. The van der Waals surface area contributed by atoms with Crippen molar-refractivity contribution in [1.82, 2.24) is 4.90 Å². The zero-order chi connectivity index (χ0) is 14.1. The van der Waals surface area contributed by atoms with E-state index in [9.17, 15) is 9.59 Å². The summed E-state index contributed by atoms with van der Waals surface area (Å²) in [6, 6.07) is 9.21. The van der Waals surface area contributed by atoms with E-state index in [2.05, 4.69) is 0 Å². The van der Waals surface area contributed by atoms with Gasteiger partial charge in [0.05, 0.1) is 7.11 Å². The molecule has 3 atom stereocenters. The molecular formula is C15H17NO4. The fourth-order valence-corrected chi connectivity index (χ4v) is 2.77. The van der Waals surface area contributed by atoms with Crippen LogP contribution in [0.5, 0.6) is 0 Å². The lowest BCUT2D eigenvalue weighted by Crippen LogP contribution is -2.43. The molecule has 2 aliphatic heterocycles. The SMILES string of the molecule is COC(=O)[C@@H]1CCCN1C(=O)[C@@H]1O[C@H]1c1ccccc1. The number of hydrogen-bond acceptors (Lipinski definition) is 4. The van der Waals surface area contributed by atoms with Gasteiger partial charge in [0.1, 0.15) is 12.1 Å². The van der Waals surface area contributed by atoms with Gasteiger partial charge in [-0.3, -0.25) is 4.79 Å². The molecule has 0 aromatic heterocycles. The molecule has 2 fully saturated rings. The Balaban J connectivity index is 1.67. The van der Waals surface area contributed by atoms with Gasteiger partial charge in [-0.05, 0) is 18.4 Å². The summed E-state index contributed by atoms with van der Waals surface area (Å²) in [4.78, 5) is 25.7. The van der Waals surface area contributed by atoms with E-state index < -0.39 is 12.1 Å². The molecule has 1 aromatic rings. The van der Waals surface area contributed by atoms with Gasteiger partial charge in [-0.1, -0.05) is 30.3 Å². The van der Waals surface area contributed by atoms with Crippen molar-refractivity contribution in [2.45, 2.75) is 31.1 Å². The molecule has 2 heterocycles. The number of ether oxygens (including phenoxy) is 2. The minimum absolute atomic E-state index is 0.105. The van der Waals surface area contributed by atoms with Gasteiger partial charge >= 0.3 is 5.97 Å². The van der Waals surface area contributed by atoms with E-state index in [0.29, 0.717) is 13.0 Å². The maximum absolute atomic E-state index is 12.4. The zero-order valence-corrected chi connectivity index (χ0v) is 11.3. The molecule has 106 valence electrons. The van der Waals surface area contributed by atoms with Crippen LogP contribution in [0, 0.1) is 0 Å². The van der Waals surface area contributed by atoms with Gasteiger partial charge in [-0.15, -0.1) is 0 Å². The number of benzene rings is 1. The van der Waals surface area contributed by atoms with Gasteiger partial charge in [0, 0.05) is 6.54 Å². The van der Waals surface area contributed by atoms with E-state index in [1.54, 1.807) is 4.90 Å². The van der Waals surface area contributed by atoms with Crippen molar-refractivity contribution in [3.05, 3.63) is 35.9 Å². The maximum atomic E-state index is 12.4. The van der Waals surface area contributed by atoms with Gasteiger partial charge in [-0.2, -0.15) is 0 Å². The minimum Gasteiger partial charge on any atom is -0.467 e. The molecule has 0 spiro atoms. The van der Waals surface area contributed by atoms with Crippen molar-refractivity contribution in [2.75, 3.05) is 13.7 Å². The van der Waals surface area contributed by atoms with Crippen LogP contribution < -0.4 is 0 Å². The van der Waals surface area contributed by atoms with Crippen molar-refractivity contribution in [2.24, 2.45) is 0 Å². The van der Waals surface area contributed by atoms with Gasteiger partial charge in [0.15, 0.2) is 6.10 Å². The van der Waals surface area contributed by atoms with Crippen LogP contribution in [-0.2, 0) is 19.1 Å². The molecule has 0 bridgehead atoms. The quantitative estimate of drug-likeness (QED) is 0.616. The van der Waals surface area contributed by atoms with Crippen molar-refractivity contribution < 1.29 is 19.1 Å². The van der Waals surface area contributed by atoms with Crippen LogP contribution in [0.2, 0.25) is 0 Å². The molecule has 0 unspecified atom stereocenters. The summed E-state index contributed by atoms with van der Waals surface area (Å²) < 4.78 is 10.2. The predicted octanol–water partition coefficient (Wildman–Crippen LogP) is 1.29. The number of nitrogens with zero attached hydrogens (tertiary/aromatic N) is 1. The first-order valence-corrected chi connectivity index (χ1v) is 6.81. The Morgan fingerprint density at radius 2 is 2.05 bits per heavy atom. The van der Waals surface area contributed by atoms with Gasteiger partial charge < -0.3 is 14.4 Å². The number of likely N-dealkylation sites (tertiary alicyclic amines) is 1. The zero-order valence-electron chi connectivity index (χ0n) is 11.3. The third kappa shape index (κ3) is 2.29. The Kier molecular flexibility index (Phi) is 3.44. The fraction of sp³-hybridized carbons (Fsp3) is 0.467. The van der Waals surface area contributed by atoms with Crippen molar-refractivity contribution >= 4 is 11.9 Å². The van der Waals surface area contributed by atoms with Crippen LogP contribution in [0.3, 0.4) is 0 Å². The second-order valence-corrected chi connectivity index (χ2v) is 5.10. The van der Waals surface area contributed by atoms with Crippen LogP contribution in [0.4, 0.5) is 0 Å². The largest absolute Gasteiger partial charge is 0.467 e. The molecule has 2 saturated heterocycles. The number of carbonyl (C=O) groups is 2. The van der Waals surface area contributed by atoms with E-state index in [-0.39, 0.29) is 18.0 Å². The van der Waals surface area contributed by atoms with Gasteiger partial charge in [0.2, 0.25) is 0 Å². The minimum atomic E-state index is -0.456. The van der Waals surface area contributed by atoms with Crippen molar-refractivity contribution in [3.8, 4) is 0 Å². The van der Waals surface area contributed by atoms with E-state index in [1.807, 2.05) is 30.3 Å². The van der Waals surface area contributed by atoms with Crippen LogP contribution in [0.1, 0.15) is 24.5 Å². The summed E-state index contributed by atoms with van der Waals surface area (Å²) in [5.74, 6) is -0.445. The average Bonchev–Trinajstić information content (AvgIpc) is 3.15. The van der Waals surface area contributed by atoms with Gasteiger partial charge in [0.25, 0.3) is 5.91 Å². The second-order valence-electron chi connectivity index (χ2n) is 5.10. The molecule has 5 nitrogen and oxygen atoms in total. The predicted molar refractivity (Wildman–Crippen MR) is 70.8 cm³/mol. The first-order chi connectivity index (χ1) is 9.72. The molecule has 0 saturated carbocycles. The highest BCUT2D eigenvalue weighted by molar-refractivity contribution is 5.89. The average molecular weight is 275 g/mol. The van der Waals surface area contributed by atoms with Crippen LogP contribution in [-0.4, -0.2) is 42.6 Å². The summed E-state index contributed by atoms with van der Waals surface area (Å²) in [6.45, 7) is 0.597. The molecule has 20 heavy (non-hydrogen) atoms. The third-order valence-electron chi connectivity index (χ3n) is 3.87. The van der Waals surface area contributed by atoms with Crippen molar-refractivity contribution in [1.29, 1.82) is 0 Å². The van der Waals surface area contributed by atoms with Crippen LogP contribution in [0.15, 0.2) is 30.3 Å². The molecule has 1 aromatic carbocycles. The topological polar surface area (TPSA) is 59.1 Å². The number of epoxide rings is 1. The summed E-state index contributed by atoms with van der Waals surface area (Å²) in [6.07, 6.45) is 0.861.